The van der Waals surface area contributed by atoms with E-state index in [4.69, 9.17) is 4.74 Å². The third-order valence-corrected chi connectivity index (χ3v) is 4.06. The van der Waals surface area contributed by atoms with E-state index in [0.717, 1.165) is 16.9 Å². The molecule has 1 heterocycles. The first-order valence-electron chi connectivity index (χ1n) is 8.78. The SMILES string of the molecule is COc1ccc(CNC(=O)c2cc(C)nc(NCc3ccc(F)cc3)n2)cc1. The highest BCUT2D eigenvalue weighted by Gasteiger charge is 2.10. The van der Waals surface area contributed by atoms with Crippen molar-refractivity contribution in [1.82, 2.24) is 15.3 Å². The molecule has 28 heavy (non-hydrogen) atoms. The van der Waals surface area contributed by atoms with Crippen LogP contribution in [0, 0.1) is 12.7 Å². The number of aryl methyl sites for hydroxylation is 1. The van der Waals surface area contributed by atoms with Crippen molar-refractivity contribution in [3.05, 3.63) is 82.9 Å². The van der Waals surface area contributed by atoms with E-state index < -0.39 is 0 Å². The highest BCUT2D eigenvalue weighted by molar-refractivity contribution is 5.92. The Bertz CT molecular complexity index is 944. The van der Waals surface area contributed by atoms with Gasteiger partial charge < -0.3 is 15.4 Å². The van der Waals surface area contributed by atoms with Gasteiger partial charge in [-0.3, -0.25) is 4.79 Å². The number of rotatable bonds is 7. The van der Waals surface area contributed by atoms with Crippen molar-refractivity contribution in [2.24, 2.45) is 0 Å². The number of ether oxygens (including phenoxy) is 1. The van der Waals surface area contributed by atoms with Crippen LogP contribution >= 0.6 is 0 Å². The van der Waals surface area contributed by atoms with Crippen LogP contribution in [-0.4, -0.2) is 23.0 Å². The van der Waals surface area contributed by atoms with E-state index in [2.05, 4.69) is 20.6 Å². The fourth-order valence-corrected chi connectivity index (χ4v) is 2.56. The number of halogens is 1. The average molecular weight is 380 g/mol. The summed E-state index contributed by atoms with van der Waals surface area (Å²) < 4.78 is 18.1. The second-order valence-electron chi connectivity index (χ2n) is 6.23. The monoisotopic (exact) mass is 380 g/mol. The van der Waals surface area contributed by atoms with E-state index in [9.17, 15) is 9.18 Å². The van der Waals surface area contributed by atoms with Crippen molar-refractivity contribution in [3.8, 4) is 5.75 Å². The minimum atomic E-state index is -0.286. The molecule has 0 radical (unpaired) electrons. The molecule has 3 aromatic rings. The third-order valence-electron chi connectivity index (χ3n) is 4.06. The fourth-order valence-electron chi connectivity index (χ4n) is 2.56. The molecule has 0 fully saturated rings. The maximum absolute atomic E-state index is 13.0. The molecule has 0 bridgehead atoms. The summed E-state index contributed by atoms with van der Waals surface area (Å²) in [4.78, 5) is 21.0. The largest absolute Gasteiger partial charge is 0.497 e. The van der Waals surface area contributed by atoms with Crippen LogP contribution in [0.5, 0.6) is 5.75 Å². The molecule has 3 rings (SSSR count). The number of aromatic nitrogens is 2. The van der Waals surface area contributed by atoms with Gasteiger partial charge in [0.05, 0.1) is 7.11 Å². The molecular weight excluding hydrogens is 359 g/mol. The molecule has 7 heteroatoms. The topological polar surface area (TPSA) is 76.1 Å². The minimum absolute atomic E-state index is 0.280. The zero-order valence-corrected chi connectivity index (χ0v) is 15.7. The van der Waals surface area contributed by atoms with E-state index in [0.29, 0.717) is 24.7 Å². The van der Waals surface area contributed by atoms with Gasteiger partial charge in [-0.1, -0.05) is 24.3 Å². The van der Waals surface area contributed by atoms with Crippen LogP contribution in [0.4, 0.5) is 10.3 Å². The summed E-state index contributed by atoms with van der Waals surface area (Å²) in [6.07, 6.45) is 0. The van der Waals surface area contributed by atoms with Crippen LogP contribution in [0.3, 0.4) is 0 Å². The Morgan fingerprint density at radius 2 is 1.64 bits per heavy atom. The van der Waals surface area contributed by atoms with Gasteiger partial charge >= 0.3 is 0 Å². The second-order valence-corrected chi connectivity index (χ2v) is 6.23. The molecule has 0 aliphatic heterocycles. The summed E-state index contributed by atoms with van der Waals surface area (Å²) in [5.41, 5.74) is 2.79. The summed E-state index contributed by atoms with van der Waals surface area (Å²) in [7, 11) is 1.61. The molecule has 0 unspecified atom stereocenters. The summed E-state index contributed by atoms with van der Waals surface area (Å²) in [6, 6.07) is 15.2. The normalized spacial score (nSPS) is 10.4. The van der Waals surface area contributed by atoms with Gasteiger partial charge in [-0.2, -0.15) is 0 Å². The highest BCUT2D eigenvalue weighted by atomic mass is 19.1. The van der Waals surface area contributed by atoms with E-state index >= 15 is 0 Å². The quantitative estimate of drug-likeness (QED) is 0.656. The van der Waals surface area contributed by atoms with E-state index in [1.807, 2.05) is 24.3 Å². The van der Waals surface area contributed by atoms with Gasteiger partial charge in [-0.15, -0.1) is 0 Å². The maximum atomic E-state index is 13.0. The fraction of sp³-hybridized carbons (Fsp3) is 0.190. The molecule has 1 amide bonds. The lowest BCUT2D eigenvalue weighted by Gasteiger charge is -2.09. The lowest BCUT2D eigenvalue weighted by atomic mass is 10.2. The van der Waals surface area contributed by atoms with Gasteiger partial charge in [-0.25, -0.2) is 14.4 Å². The first-order valence-corrected chi connectivity index (χ1v) is 8.78. The number of amides is 1. The van der Waals surface area contributed by atoms with Crippen molar-refractivity contribution in [3.63, 3.8) is 0 Å². The molecule has 0 atom stereocenters. The van der Waals surface area contributed by atoms with E-state index in [-0.39, 0.29) is 17.4 Å². The third kappa shape index (κ3) is 5.26. The Morgan fingerprint density at radius 3 is 2.32 bits per heavy atom. The highest BCUT2D eigenvalue weighted by Crippen LogP contribution is 2.12. The van der Waals surface area contributed by atoms with Crippen LogP contribution in [0.15, 0.2) is 54.6 Å². The zero-order chi connectivity index (χ0) is 19.9. The lowest BCUT2D eigenvalue weighted by molar-refractivity contribution is 0.0945. The molecule has 2 aromatic carbocycles. The standard InChI is InChI=1S/C21H21FN4O2/c1-14-11-19(20(27)23-12-16-5-9-18(28-2)10-6-16)26-21(25-14)24-13-15-3-7-17(22)8-4-15/h3-11H,12-13H2,1-2H3,(H,23,27)(H,24,25,26). The molecule has 0 spiro atoms. The van der Waals surface area contributed by atoms with Crippen molar-refractivity contribution in [2.45, 2.75) is 20.0 Å². The first kappa shape index (κ1) is 19.3. The molecule has 0 saturated carbocycles. The predicted octanol–water partition coefficient (Wildman–Crippen LogP) is 3.47. The molecule has 0 saturated heterocycles. The van der Waals surface area contributed by atoms with Crippen molar-refractivity contribution < 1.29 is 13.9 Å². The van der Waals surface area contributed by atoms with Gasteiger partial charge in [0.1, 0.15) is 17.3 Å². The van der Waals surface area contributed by atoms with Gasteiger partial charge in [0.15, 0.2) is 0 Å². The average Bonchev–Trinajstić information content (AvgIpc) is 2.71. The number of nitrogens with one attached hydrogen (secondary N) is 2. The van der Waals surface area contributed by atoms with Crippen LogP contribution in [0.1, 0.15) is 27.3 Å². The number of benzene rings is 2. The van der Waals surface area contributed by atoms with Gasteiger partial charge in [0.25, 0.3) is 5.91 Å². The van der Waals surface area contributed by atoms with Crippen molar-refractivity contribution in [2.75, 3.05) is 12.4 Å². The Kier molecular flexibility index (Phi) is 6.16. The number of methoxy groups -OCH3 is 1. The van der Waals surface area contributed by atoms with E-state index in [1.165, 1.54) is 12.1 Å². The number of hydrogen-bond acceptors (Lipinski definition) is 5. The number of nitrogens with zero attached hydrogens (tertiary/aromatic N) is 2. The molecule has 1 aromatic heterocycles. The molecule has 144 valence electrons. The predicted molar refractivity (Wildman–Crippen MR) is 105 cm³/mol. The van der Waals surface area contributed by atoms with Gasteiger partial charge in [-0.05, 0) is 48.4 Å². The number of carbonyl (C=O) groups excluding carboxylic acids is 1. The molecule has 6 nitrogen and oxygen atoms in total. The summed E-state index contributed by atoms with van der Waals surface area (Å²) in [5.74, 6) is 0.537. The zero-order valence-electron chi connectivity index (χ0n) is 15.7. The Hall–Kier alpha value is -3.48. The number of hydrogen-bond donors (Lipinski definition) is 2. The number of carbonyl (C=O) groups is 1. The van der Waals surface area contributed by atoms with Crippen LogP contribution in [0.25, 0.3) is 0 Å². The molecule has 0 aliphatic rings. The summed E-state index contributed by atoms with van der Waals surface area (Å²) in [6.45, 7) is 2.60. The smallest absolute Gasteiger partial charge is 0.270 e. The number of anilines is 1. The summed E-state index contributed by atoms with van der Waals surface area (Å²) >= 11 is 0. The van der Waals surface area contributed by atoms with Crippen molar-refractivity contribution >= 4 is 11.9 Å². The van der Waals surface area contributed by atoms with Crippen LogP contribution in [0.2, 0.25) is 0 Å². The molecule has 0 aliphatic carbocycles. The van der Waals surface area contributed by atoms with Gasteiger partial charge in [0, 0.05) is 18.8 Å². The minimum Gasteiger partial charge on any atom is -0.497 e. The Labute approximate surface area is 162 Å². The van der Waals surface area contributed by atoms with Crippen LogP contribution < -0.4 is 15.4 Å². The van der Waals surface area contributed by atoms with Gasteiger partial charge in [0.2, 0.25) is 5.95 Å². The Balaban J connectivity index is 1.62. The van der Waals surface area contributed by atoms with E-state index in [1.54, 1.807) is 32.2 Å². The molecule has 2 N–H and O–H groups in total. The molecular formula is C21H21FN4O2. The lowest BCUT2D eigenvalue weighted by Crippen LogP contribution is -2.24. The second kappa shape index (κ2) is 8.94. The maximum Gasteiger partial charge on any atom is 0.270 e. The first-order chi connectivity index (χ1) is 13.5. The summed E-state index contributed by atoms with van der Waals surface area (Å²) in [5, 5.41) is 5.91. The van der Waals surface area contributed by atoms with Crippen LogP contribution in [-0.2, 0) is 13.1 Å². The Morgan fingerprint density at radius 1 is 1.00 bits per heavy atom. The van der Waals surface area contributed by atoms with Crippen molar-refractivity contribution in [1.29, 1.82) is 0 Å².